The van der Waals surface area contributed by atoms with E-state index >= 15 is 0 Å². The Morgan fingerprint density at radius 1 is 1.50 bits per heavy atom. The maximum absolute atomic E-state index is 3.72. The van der Waals surface area contributed by atoms with Gasteiger partial charge in [0.05, 0.1) is 0 Å². The van der Waals surface area contributed by atoms with E-state index in [4.69, 9.17) is 0 Å². The Labute approximate surface area is 77.5 Å². The Balaban J connectivity index is 3.39. The van der Waals surface area contributed by atoms with E-state index in [1.54, 1.807) is 0 Å². The molecule has 0 radical (unpaired) electrons. The lowest BCUT2D eigenvalue weighted by Crippen LogP contribution is -2.25. The summed E-state index contributed by atoms with van der Waals surface area (Å²) in [6.07, 6.45) is 5.74. The molecule has 0 aromatic carbocycles. The largest absolute Gasteiger partial charge is 0.306 e. The molecule has 0 amide bonds. The number of hydrogen-bond donors (Lipinski definition) is 0. The molecule has 1 unspecified atom stereocenters. The fourth-order valence-corrected chi connectivity index (χ4v) is 1.52. The molecule has 0 aliphatic heterocycles. The third-order valence-electron chi connectivity index (χ3n) is 2.12. The van der Waals surface area contributed by atoms with Gasteiger partial charge >= 0.3 is 0 Å². The molecule has 1 atom stereocenters. The van der Waals surface area contributed by atoms with Crippen molar-refractivity contribution in [2.75, 3.05) is 20.1 Å². The highest BCUT2D eigenvalue weighted by molar-refractivity contribution is 4.69. The summed E-state index contributed by atoms with van der Waals surface area (Å²) in [5, 5.41) is 0. The Morgan fingerprint density at radius 3 is 2.67 bits per heavy atom. The van der Waals surface area contributed by atoms with Crippen LogP contribution in [0.3, 0.4) is 0 Å². The van der Waals surface area contributed by atoms with Crippen molar-refractivity contribution in [2.45, 2.75) is 33.1 Å². The summed E-state index contributed by atoms with van der Waals surface area (Å²) in [4.78, 5) is 2.39. The predicted octanol–water partition coefficient (Wildman–Crippen LogP) is 2.93. The van der Waals surface area contributed by atoms with Gasteiger partial charge in [-0.1, -0.05) is 26.3 Å². The molecule has 0 heterocycles. The first-order valence-electron chi connectivity index (χ1n) is 5.00. The average molecular weight is 169 g/mol. The molecule has 0 N–H and O–H groups in total. The van der Waals surface area contributed by atoms with Crippen molar-refractivity contribution in [2.24, 2.45) is 5.92 Å². The molecule has 1 heteroatoms. The smallest absolute Gasteiger partial charge is 0.00129 e. The van der Waals surface area contributed by atoms with Crippen LogP contribution >= 0.6 is 0 Å². The molecular weight excluding hydrogens is 146 g/mol. The van der Waals surface area contributed by atoms with Crippen LogP contribution in [0, 0.1) is 5.92 Å². The molecule has 0 aromatic rings. The Hall–Kier alpha value is -0.300. The van der Waals surface area contributed by atoms with Crippen LogP contribution in [-0.2, 0) is 0 Å². The topological polar surface area (TPSA) is 3.24 Å². The van der Waals surface area contributed by atoms with E-state index < -0.39 is 0 Å². The van der Waals surface area contributed by atoms with E-state index in [1.165, 1.54) is 19.4 Å². The average Bonchev–Trinajstić information content (AvgIpc) is 2.01. The van der Waals surface area contributed by atoms with Gasteiger partial charge in [0.2, 0.25) is 0 Å². The van der Waals surface area contributed by atoms with Gasteiger partial charge in [-0.05, 0) is 25.8 Å². The van der Waals surface area contributed by atoms with Crippen LogP contribution in [0.2, 0.25) is 0 Å². The van der Waals surface area contributed by atoms with Crippen molar-refractivity contribution < 1.29 is 0 Å². The molecule has 0 saturated carbocycles. The van der Waals surface area contributed by atoms with Crippen molar-refractivity contribution in [1.29, 1.82) is 0 Å². The van der Waals surface area contributed by atoms with Crippen LogP contribution in [-0.4, -0.2) is 25.0 Å². The van der Waals surface area contributed by atoms with Gasteiger partial charge in [0.15, 0.2) is 0 Å². The van der Waals surface area contributed by atoms with Crippen LogP contribution in [0.5, 0.6) is 0 Å². The second-order valence-corrected chi connectivity index (χ2v) is 3.73. The van der Waals surface area contributed by atoms with Gasteiger partial charge in [0, 0.05) is 13.1 Å². The molecule has 0 aromatic heterocycles. The number of nitrogens with zero attached hydrogens (tertiary/aromatic N) is 1. The fraction of sp³-hybridized carbons (Fsp3) is 0.818. The van der Waals surface area contributed by atoms with Crippen LogP contribution in [0.25, 0.3) is 0 Å². The summed E-state index contributed by atoms with van der Waals surface area (Å²) >= 11 is 0. The van der Waals surface area contributed by atoms with Crippen molar-refractivity contribution in [3.05, 3.63) is 12.7 Å². The first kappa shape index (κ1) is 11.7. The van der Waals surface area contributed by atoms with Gasteiger partial charge < -0.3 is 4.90 Å². The lowest BCUT2D eigenvalue weighted by molar-refractivity contribution is 0.282. The number of hydrogen-bond acceptors (Lipinski definition) is 1. The summed E-state index contributed by atoms with van der Waals surface area (Å²) in [6, 6.07) is 0. The maximum atomic E-state index is 3.72. The minimum absolute atomic E-state index is 0.838. The van der Waals surface area contributed by atoms with E-state index in [-0.39, 0.29) is 0 Å². The van der Waals surface area contributed by atoms with Crippen LogP contribution in [0.4, 0.5) is 0 Å². The summed E-state index contributed by atoms with van der Waals surface area (Å²) in [6.45, 7) is 10.7. The molecule has 72 valence electrons. The second-order valence-electron chi connectivity index (χ2n) is 3.73. The first-order chi connectivity index (χ1) is 5.70. The number of rotatable bonds is 7. The minimum Gasteiger partial charge on any atom is -0.306 e. The zero-order chi connectivity index (χ0) is 9.40. The first-order valence-corrected chi connectivity index (χ1v) is 5.00. The molecule has 0 aliphatic carbocycles. The molecule has 0 saturated heterocycles. The molecule has 0 aliphatic rings. The third kappa shape index (κ3) is 6.41. The highest BCUT2D eigenvalue weighted by Gasteiger charge is 2.03. The van der Waals surface area contributed by atoms with Gasteiger partial charge in [0.25, 0.3) is 0 Å². The van der Waals surface area contributed by atoms with Gasteiger partial charge in [-0.15, -0.1) is 6.58 Å². The predicted molar refractivity (Wildman–Crippen MR) is 56.4 cm³/mol. The van der Waals surface area contributed by atoms with E-state index in [0.717, 1.165) is 18.9 Å². The van der Waals surface area contributed by atoms with Gasteiger partial charge in [-0.25, -0.2) is 0 Å². The molecule has 1 nitrogen and oxygen atoms in total. The third-order valence-corrected chi connectivity index (χ3v) is 2.12. The summed E-state index contributed by atoms with van der Waals surface area (Å²) in [5.41, 5.74) is 0. The summed E-state index contributed by atoms with van der Waals surface area (Å²) in [5.74, 6) is 0.838. The maximum Gasteiger partial charge on any atom is 0.00129 e. The van der Waals surface area contributed by atoms with Crippen LogP contribution in [0.1, 0.15) is 33.1 Å². The normalized spacial score (nSPS) is 13.3. The van der Waals surface area contributed by atoms with Gasteiger partial charge in [0.1, 0.15) is 0 Å². The zero-order valence-corrected chi connectivity index (χ0v) is 8.84. The minimum atomic E-state index is 0.838. The Morgan fingerprint density at radius 2 is 2.17 bits per heavy atom. The molecule has 0 spiro atoms. The molecule has 0 rings (SSSR count). The summed E-state index contributed by atoms with van der Waals surface area (Å²) in [7, 11) is 2.19. The Bertz CT molecular complexity index is 110. The quantitative estimate of drug-likeness (QED) is 0.530. The molecule has 0 bridgehead atoms. The van der Waals surface area contributed by atoms with Crippen LogP contribution in [0.15, 0.2) is 12.7 Å². The van der Waals surface area contributed by atoms with Gasteiger partial charge in [-0.3, -0.25) is 0 Å². The van der Waals surface area contributed by atoms with Crippen LogP contribution < -0.4 is 0 Å². The van der Waals surface area contributed by atoms with Crippen molar-refractivity contribution in [3.63, 3.8) is 0 Å². The van der Waals surface area contributed by atoms with E-state index in [1.807, 2.05) is 6.08 Å². The molecule has 0 fully saturated rings. The summed E-state index contributed by atoms with van der Waals surface area (Å²) < 4.78 is 0. The zero-order valence-electron chi connectivity index (χ0n) is 8.84. The molecule has 12 heavy (non-hydrogen) atoms. The lowest BCUT2D eigenvalue weighted by atomic mass is 10.1. The molecular formula is C11H23N. The van der Waals surface area contributed by atoms with Crippen molar-refractivity contribution >= 4 is 0 Å². The monoisotopic (exact) mass is 169 g/mol. The Kier molecular flexibility index (Phi) is 7.17. The van der Waals surface area contributed by atoms with Crippen molar-refractivity contribution in [1.82, 2.24) is 4.90 Å². The highest BCUT2D eigenvalue weighted by Crippen LogP contribution is 2.06. The van der Waals surface area contributed by atoms with E-state index in [9.17, 15) is 0 Å². The van der Waals surface area contributed by atoms with Crippen molar-refractivity contribution in [3.8, 4) is 0 Å². The van der Waals surface area contributed by atoms with E-state index in [0.29, 0.717) is 0 Å². The van der Waals surface area contributed by atoms with E-state index in [2.05, 4.69) is 32.4 Å². The fourth-order valence-electron chi connectivity index (χ4n) is 1.52. The van der Waals surface area contributed by atoms with Gasteiger partial charge in [-0.2, -0.15) is 0 Å². The standard InChI is InChI=1S/C11H23N/c1-5-7-9-12(4)10-11(3)8-6-2/h5,11H,1,6-10H2,2-4H3. The highest BCUT2D eigenvalue weighted by atomic mass is 15.1. The second kappa shape index (κ2) is 7.35. The SMILES string of the molecule is C=CCCN(C)CC(C)CCC. The lowest BCUT2D eigenvalue weighted by Gasteiger charge is -2.20.